The van der Waals surface area contributed by atoms with E-state index < -0.39 is 23.3 Å². The number of aromatic amines is 2. The molecule has 7 aliphatic carbocycles. The van der Waals surface area contributed by atoms with Gasteiger partial charge in [-0.25, -0.2) is 0 Å². The molecular weight excluding hydrogens is 707 g/mol. The van der Waals surface area contributed by atoms with Gasteiger partial charge in [0.05, 0.1) is 23.3 Å². The predicted octanol–water partition coefficient (Wildman–Crippen LogP) is 6.83. The molecule has 0 amide bonds. The van der Waals surface area contributed by atoms with E-state index in [1.54, 1.807) is 0 Å². The van der Waals surface area contributed by atoms with Crippen LogP contribution in [-0.4, -0.2) is 61.1 Å². The average molecular weight is 766 g/mol. The number of benzene rings is 2. The van der Waals surface area contributed by atoms with Gasteiger partial charge in [-0.1, -0.05) is 72.0 Å². The van der Waals surface area contributed by atoms with E-state index in [2.05, 4.69) is 87.8 Å². The summed E-state index contributed by atoms with van der Waals surface area (Å²) >= 11 is 0. The number of aromatic nitrogens is 2. The molecule has 0 aliphatic heterocycles. The van der Waals surface area contributed by atoms with Gasteiger partial charge in [0.25, 0.3) is 0 Å². The Kier molecular flexibility index (Phi) is 9.04. The van der Waals surface area contributed by atoms with Crippen LogP contribution in [0.4, 0.5) is 0 Å². The number of hydrogen-bond acceptors (Lipinski definition) is 4. The summed E-state index contributed by atoms with van der Waals surface area (Å²) in [5.41, 5.74) is 10.1. The van der Waals surface area contributed by atoms with E-state index in [-0.39, 0.29) is 46.8 Å². The molecule has 5 fully saturated rings. The van der Waals surface area contributed by atoms with Crippen molar-refractivity contribution in [1.82, 2.24) is 15.3 Å². The van der Waals surface area contributed by atoms with E-state index in [1.165, 1.54) is 34.3 Å². The smallest absolute Gasteiger partial charge is 0.189 e. The molecule has 2 heterocycles. The Balaban J connectivity index is 1.09. The lowest BCUT2D eigenvalue weighted by atomic mass is 9.46. The van der Waals surface area contributed by atoms with Gasteiger partial charge in [0.2, 0.25) is 0 Å². The predicted molar refractivity (Wildman–Crippen MR) is 225 cm³/mol. The molecular formula is C49H59N5O3. The quantitative estimate of drug-likeness (QED) is 0.0456. The van der Waals surface area contributed by atoms with Gasteiger partial charge in [0.1, 0.15) is 0 Å². The Morgan fingerprint density at radius 2 is 1.77 bits per heavy atom. The molecule has 2 aromatic carbocycles. The molecule has 7 aliphatic rings. The van der Waals surface area contributed by atoms with Gasteiger partial charge in [-0.2, -0.15) is 0 Å². The summed E-state index contributed by atoms with van der Waals surface area (Å²) in [6, 6.07) is 24.9. The average Bonchev–Trinajstić information content (AvgIpc) is 3.98. The molecule has 8 N–H and O–H groups in total. The Bertz CT molecular complexity index is 2200. The molecule has 12 unspecified atom stereocenters. The molecule has 8 nitrogen and oxygen atoms in total. The van der Waals surface area contributed by atoms with Crippen molar-refractivity contribution in [2.45, 2.75) is 107 Å². The minimum absolute atomic E-state index is 0.0110. The second kappa shape index (κ2) is 13.9. The van der Waals surface area contributed by atoms with Crippen molar-refractivity contribution in [1.29, 1.82) is 0 Å². The number of nitrogens with two attached hydrogens (primary N) is 1. The van der Waals surface area contributed by atoms with E-state index in [9.17, 15) is 15.3 Å². The Labute approximate surface area is 336 Å². The lowest BCUT2D eigenvalue weighted by molar-refractivity contribution is -0.128. The van der Waals surface area contributed by atoms with E-state index in [0.717, 1.165) is 63.3 Å². The number of nitrogens with one attached hydrogen (secondary N) is 3. The number of aliphatic imine (C=N–C) groups is 1. The first-order valence-corrected chi connectivity index (χ1v) is 21.7. The number of aliphatic hydroxyl groups excluding tert-OH is 1. The van der Waals surface area contributed by atoms with Gasteiger partial charge in [0.15, 0.2) is 5.96 Å². The van der Waals surface area contributed by atoms with E-state index in [4.69, 9.17) is 10.7 Å². The summed E-state index contributed by atoms with van der Waals surface area (Å²) in [6.45, 7) is 2.55. The molecule has 0 radical (unpaired) electrons. The maximum Gasteiger partial charge on any atom is 0.189 e. The Morgan fingerprint density at radius 1 is 0.930 bits per heavy atom. The first-order valence-electron chi connectivity index (χ1n) is 21.7. The number of para-hydroxylation sites is 1. The molecule has 5 saturated carbocycles. The van der Waals surface area contributed by atoms with Crippen LogP contribution >= 0.6 is 0 Å². The van der Waals surface area contributed by atoms with Crippen molar-refractivity contribution in [3.63, 3.8) is 0 Å². The van der Waals surface area contributed by atoms with Crippen molar-refractivity contribution < 1.29 is 15.3 Å². The van der Waals surface area contributed by atoms with Gasteiger partial charge < -0.3 is 36.3 Å². The molecule has 11 rings (SSSR count). The first-order chi connectivity index (χ1) is 27.5. The van der Waals surface area contributed by atoms with Gasteiger partial charge in [-0.3, -0.25) is 4.99 Å². The van der Waals surface area contributed by atoms with Crippen molar-refractivity contribution in [3.8, 4) is 11.8 Å². The lowest BCUT2D eigenvalue weighted by Gasteiger charge is -2.58. The third-order valence-corrected chi connectivity index (χ3v) is 16.2. The number of nitrogens with zero attached hydrogens (tertiary/aromatic N) is 1. The summed E-state index contributed by atoms with van der Waals surface area (Å²) in [5, 5.41) is 42.6. The summed E-state index contributed by atoms with van der Waals surface area (Å²) in [7, 11) is 0. The van der Waals surface area contributed by atoms with Crippen LogP contribution in [0.5, 0.6) is 0 Å². The highest BCUT2D eigenvalue weighted by Crippen LogP contribution is 2.72. The second-order valence-corrected chi connectivity index (χ2v) is 19.3. The Morgan fingerprint density at radius 3 is 2.60 bits per heavy atom. The van der Waals surface area contributed by atoms with E-state index in [0.29, 0.717) is 24.8 Å². The van der Waals surface area contributed by atoms with Gasteiger partial charge >= 0.3 is 0 Å². The highest BCUT2D eigenvalue weighted by atomic mass is 16.3. The maximum atomic E-state index is 13.2. The molecule has 2 aromatic heterocycles. The largest absolute Gasteiger partial charge is 0.390 e. The molecule has 0 saturated heterocycles. The van der Waals surface area contributed by atoms with Crippen molar-refractivity contribution in [2.24, 2.45) is 57.1 Å². The second-order valence-electron chi connectivity index (χ2n) is 19.3. The fourth-order valence-corrected chi connectivity index (χ4v) is 13.6. The topological polar surface area (TPSA) is 143 Å². The number of rotatable bonds is 8. The highest BCUT2D eigenvalue weighted by molar-refractivity contribution is 5.80. The summed E-state index contributed by atoms with van der Waals surface area (Å²) < 4.78 is 0. The molecule has 4 aromatic rings. The van der Waals surface area contributed by atoms with E-state index >= 15 is 0 Å². The van der Waals surface area contributed by atoms with Crippen molar-refractivity contribution in [3.05, 3.63) is 108 Å². The van der Waals surface area contributed by atoms with Crippen LogP contribution in [0.25, 0.3) is 10.9 Å². The van der Waals surface area contributed by atoms with Crippen LogP contribution < -0.4 is 11.1 Å². The molecule has 12 atom stereocenters. The first kappa shape index (κ1) is 37.0. The van der Waals surface area contributed by atoms with Gasteiger partial charge in [0, 0.05) is 53.8 Å². The zero-order valence-corrected chi connectivity index (χ0v) is 33.3. The van der Waals surface area contributed by atoms with Crippen molar-refractivity contribution in [2.75, 3.05) is 6.54 Å². The fourth-order valence-electron chi connectivity index (χ4n) is 13.6. The molecule has 4 bridgehead atoms. The number of hydrogen-bond donors (Lipinski definition) is 7. The molecule has 57 heavy (non-hydrogen) atoms. The number of allylic oxidation sites excluding steroid dienone is 2. The van der Waals surface area contributed by atoms with E-state index in [1.807, 2.05) is 31.3 Å². The lowest BCUT2D eigenvalue weighted by Crippen LogP contribution is -2.56. The normalized spacial score (nSPS) is 39.4. The number of fused-ring (bicyclic) bond motifs is 2. The van der Waals surface area contributed by atoms with Gasteiger partial charge in [-0.05, 0) is 141 Å². The number of H-pyrrole nitrogens is 2. The summed E-state index contributed by atoms with van der Waals surface area (Å²) in [5.74, 6) is 8.17. The van der Waals surface area contributed by atoms with Gasteiger partial charge in [-0.15, -0.1) is 0 Å². The van der Waals surface area contributed by atoms with Crippen molar-refractivity contribution >= 4 is 16.9 Å². The molecule has 2 spiro atoms. The van der Waals surface area contributed by atoms with Crippen LogP contribution in [0.15, 0.2) is 95.6 Å². The van der Waals surface area contributed by atoms with Crippen LogP contribution in [0.3, 0.4) is 0 Å². The zero-order valence-electron chi connectivity index (χ0n) is 33.3. The standard InChI is InChI=1S/C49H59N5O3/c1-46(56)34-14-16-40-44-41(46)25-43(55)49(44,57)30-38(54-45(50)52-21-18-31-8-3-2-4-9-31)15-13-35-27-47(19-17-32(26-47)22-37-11-7-20-51-37)28-36(48(35,40)29-34)24-39-23-33-10-5-6-12-42(33)53-39/h2-12,20,23,28,32,34-35,38,40-41,43-44,51,53,55-57H,14,16-19,21-22,24-27,29-30H2,1H3,(H3,50,52,54). The third kappa shape index (κ3) is 6.27. The summed E-state index contributed by atoms with van der Waals surface area (Å²) in [6.07, 6.45) is 14.1. The third-order valence-electron chi connectivity index (χ3n) is 16.2. The van der Waals surface area contributed by atoms with Crippen LogP contribution in [-0.2, 0) is 19.3 Å². The SMILES string of the molecule is CC1(O)C2CCC3C4C1CC(O)C4(O)CC(NC(N)=NCCc1ccccc1)C#CC1CC4(C=C(Cc5cc6ccccc6[nH]5)C13C2)CCC(Cc1ccc[nH]1)C4. The Hall–Kier alpha value is -4.29. The number of guanidine groups is 1. The highest BCUT2D eigenvalue weighted by Gasteiger charge is 2.71. The monoisotopic (exact) mass is 765 g/mol. The number of aliphatic hydroxyl groups is 3. The van der Waals surface area contributed by atoms with Crippen LogP contribution in [0.1, 0.15) is 81.7 Å². The van der Waals surface area contributed by atoms with Crippen LogP contribution in [0.2, 0.25) is 0 Å². The minimum atomic E-state index is -1.45. The summed E-state index contributed by atoms with van der Waals surface area (Å²) in [4.78, 5) is 12.0. The zero-order chi connectivity index (χ0) is 39.0. The minimum Gasteiger partial charge on any atom is -0.390 e. The molecule has 8 heteroatoms. The molecule has 298 valence electrons. The maximum absolute atomic E-state index is 13.2. The fraction of sp³-hybridized carbons (Fsp3) is 0.531. The van der Waals surface area contributed by atoms with Crippen LogP contribution in [0, 0.1) is 58.2 Å².